The molecule has 0 amide bonds. The summed E-state index contributed by atoms with van der Waals surface area (Å²) in [5.74, 6) is 0. The van der Waals surface area contributed by atoms with Crippen molar-refractivity contribution in [3.05, 3.63) is 24.3 Å². The van der Waals surface area contributed by atoms with Gasteiger partial charge >= 0.3 is 0 Å². The summed E-state index contributed by atoms with van der Waals surface area (Å²) in [7, 11) is -8.33. The maximum Gasteiger partial charge on any atom is 0.292 e. The van der Waals surface area contributed by atoms with Gasteiger partial charge in [0.2, 0.25) is 0 Å². The van der Waals surface area contributed by atoms with Crippen LogP contribution < -0.4 is 9.86 Å². The van der Waals surface area contributed by atoms with Crippen molar-refractivity contribution >= 4 is 25.9 Å². The van der Waals surface area contributed by atoms with E-state index in [4.69, 9.17) is 5.73 Å². The molecule has 0 atom stereocenters. The van der Waals surface area contributed by atoms with Gasteiger partial charge in [-0.25, -0.2) is 8.42 Å². The quantitative estimate of drug-likeness (QED) is 0.615. The molecule has 23 heavy (non-hydrogen) atoms. The van der Waals surface area contributed by atoms with Crippen LogP contribution in [0.3, 0.4) is 0 Å². The van der Waals surface area contributed by atoms with E-state index in [-0.39, 0.29) is 23.7 Å². The van der Waals surface area contributed by atoms with E-state index in [9.17, 15) is 16.8 Å². The molecule has 0 fully saturated rings. The Morgan fingerprint density at radius 3 is 2.09 bits per heavy atom. The molecule has 7 nitrogen and oxygen atoms in total. The fraction of sp³-hybridized carbons (Fsp3) is 0.571. The van der Waals surface area contributed by atoms with Gasteiger partial charge in [0, 0.05) is 18.8 Å². The molecule has 1 rings (SSSR count). The smallest absolute Gasteiger partial charge is 0.292 e. The lowest BCUT2D eigenvalue weighted by Crippen LogP contribution is -2.44. The summed E-state index contributed by atoms with van der Waals surface area (Å²) in [4.78, 5) is -0.174. The highest BCUT2D eigenvalue weighted by atomic mass is 32.3. The molecule has 0 saturated heterocycles. The number of sulfonamides is 1. The molecule has 3 N–H and O–H groups in total. The van der Waals surface area contributed by atoms with Crippen LogP contribution in [0.15, 0.2) is 29.2 Å². The minimum Gasteiger partial charge on any atom is -0.399 e. The molecule has 0 unspecified atom stereocenters. The van der Waals surface area contributed by atoms with E-state index in [1.54, 1.807) is 0 Å². The van der Waals surface area contributed by atoms with Gasteiger partial charge in [-0.2, -0.15) is 12.7 Å². The molecule has 0 heterocycles. The standard InChI is InChI=1S/C14H25N3O4S2/c1-3-5-10-17(11-6-4-2)23(20,21)16-22(18,19)14-9-7-8-13(15)12-14/h7-9,12,16H,3-6,10-11,15H2,1-2H3. The summed E-state index contributed by atoms with van der Waals surface area (Å²) in [6.45, 7) is 4.47. The molecule has 1 aromatic rings. The molecule has 0 aliphatic carbocycles. The van der Waals surface area contributed by atoms with Gasteiger partial charge in [0.1, 0.15) is 0 Å². The zero-order valence-electron chi connectivity index (χ0n) is 13.5. The number of nitrogens with zero attached hydrogens (tertiary/aromatic N) is 1. The van der Waals surface area contributed by atoms with Gasteiger partial charge in [0.15, 0.2) is 0 Å². The molecule has 1 aromatic carbocycles. The van der Waals surface area contributed by atoms with E-state index >= 15 is 0 Å². The summed E-state index contributed by atoms with van der Waals surface area (Å²) < 4.78 is 52.4. The van der Waals surface area contributed by atoms with Gasteiger partial charge in [0.05, 0.1) is 4.90 Å². The zero-order chi connectivity index (χ0) is 17.5. The third kappa shape index (κ3) is 6.09. The lowest BCUT2D eigenvalue weighted by Gasteiger charge is -2.22. The number of hydrogen-bond donors (Lipinski definition) is 2. The number of nitrogens with two attached hydrogens (primary N) is 1. The highest BCUT2D eigenvalue weighted by Gasteiger charge is 2.28. The van der Waals surface area contributed by atoms with Crippen molar-refractivity contribution in [3.8, 4) is 0 Å². The second-order valence-corrected chi connectivity index (χ2v) is 8.88. The van der Waals surface area contributed by atoms with Gasteiger partial charge < -0.3 is 5.73 Å². The average molecular weight is 364 g/mol. The first-order valence-corrected chi connectivity index (χ1v) is 10.5. The Bertz CT molecular complexity index is 694. The Morgan fingerprint density at radius 2 is 1.61 bits per heavy atom. The topological polar surface area (TPSA) is 110 Å². The van der Waals surface area contributed by atoms with Crippen LogP contribution in [0.25, 0.3) is 0 Å². The van der Waals surface area contributed by atoms with E-state index < -0.39 is 20.2 Å². The average Bonchev–Trinajstić information content (AvgIpc) is 2.46. The number of nitrogen functional groups attached to an aromatic ring is 1. The molecular weight excluding hydrogens is 338 g/mol. The Hall–Kier alpha value is -1.16. The Labute approximate surface area is 139 Å². The largest absolute Gasteiger partial charge is 0.399 e. The number of anilines is 1. The first kappa shape index (κ1) is 19.9. The van der Waals surface area contributed by atoms with Crippen LogP contribution in [0.2, 0.25) is 0 Å². The minimum atomic E-state index is -4.20. The molecule has 0 saturated carbocycles. The van der Waals surface area contributed by atoms with E-state index in [0.717, 1.165) is 12.8 Å². The van der Waals surface area contributed by atoms with E-state index in [0.29, 0.717) is 12.8 Å². The molecular formula is C14H25N3O4S2. The molecule has 0 aliphatic rings. The fourth-order valence-corrected chi connectivity index (χ4v) is 5.15. The number of hydrogen-bond acceptors (Lipinski definition) is 5. The Balaban J connectivity index is 3.00. The molecule has 0 radical (unpaired) electrons. The first-order chi connectivity index (χ1) is 10.7. The predicted molar refractivity (Wildman–Crippen MR) is 91.5 cm³/mol. The van der Waals surface area contributed by atoms with Crippen LogP contribution >= 0.6 is 0 Å². The van der Waals surface area contributed by atoms with Gasteiger partial charge in [-0.1, -0.05) is 36.9 Å². The lowest BCUT2D eigenvalue weighted by atomic mass is 10.3. The molecule has 0 aliphatic heterocycles. The second-order valence-electron chi connectivity index (χ2n) is 5.27. The first-order valence-electron chi connectivity index (χ1n) is 7.62. The monoisotopic (exact) mass is 363 g/mol. The molecule has 132 valence electrons. The van der Waals surface area contributed by atoms with Crippen LogP contribution in [-0.4, -0.2) is 34.2 Å². The van der Waals surface area contributed by atoms with E-state index in [1.165, 1.54) is 28.6 Å². The van der Waals surface area contributed by atoms with Crippen molar-refractivity contribution in [1.82, 2.24) is 8.43 Å². The van der Waals surface area contributed by atoms with Crippen molar-refractivity contribution in [2.45, 2.75) is 44.4 Å². The highest BCUT2D eigenvalue weighted by molar-refractivity contribution is 8.03. The highest BCUT2D eigenvalue weighted by Crippen LogP contribution is 2.15. The summed E-state index contributed by atoms with van der Waals surface area (Å²) in [5.41, 5.74) is 5.81. The molecule has 0 spiro atoms. The lowest BCUT2D eigenvalue weighted by molar-refractivity contribution is 0.393. The maximum atomic E-state index is 12.4. The van der Waals surface area contributed by atoms with Crippen molar-refractivity contribution < 1.29 is 16.8 Å². The maximum absolute atomic E-state index is 12.4. The van der Waals surface area contributed by atoms with Crippen molar-refractivity contribution in [3.63, 3.8) is 0 Å². The van der Waals surface area contributed by atoms with Gasteiger partial charge in [0.25, 0.3) is 20.2 Å². The normalized spacial score (nSPS) is 12.7. The number of unbranched alkanes of at least 4 members (excludes halogenated alkanes) is 2. The Morgan fingerprint density at radius 1 is 1.04 bits per heavy atom. The van der Waals surface area contributed by atoms with Crippen LogP contribution in [0.5, 0.6) is 0 Å². The minimum absolute atomic E-state index is 0.174. The van der Waals surface area contributed by atoms with Crippen molar-refractivity contribution in [1.29, 1.82) is 0 Å². The number of nitrogens with one attached hydrogen (secondary N) is 1. The van der Waals surface area contributed by atoms with Gasteiger partial charge in [-0.15, -0.1) is 0 Å². The zero-order valence-corrected chi connectivity index (χ0v) is 15.2. The van der Waals surface area contributed by atoms with Crippen LogP contribution in [-0.2, 0) is 20.2 Å². The van der Waals surface area contributed by atoms with Crippen molar-refractivity contribution in [2.75, 3.05) is 18.8 Å². The molecule has 0 bridgehead atoms. The molecule has 9 heteroatoms. The number of rotatable bonds is 10. The fourth-order valence-electron chi connectivity index (χ4n) is 1.94. The van der Waals surface area contributed by atoms with Gasteiger partial charge in [-0.3, -0.25) is 0 Å². The molecule has 0 aromatic heterocycles. The third-order valence-electron chi connectivity index (χ3n) is 3.25. The predicted octanol–water partition coefficient (Wildman–Crippen LogP) is 1.69. The van der Waals surface area contributed by atoms with Crippen molar-refractivity contribution in [2.24, 2.45) is 0 Å². The summed E-state index contributed by atoms with van der Waals surface area (Å²) in [5, 5.41) is 0. The van der Waals surface area contributed by atoms with Crippen LogP contribution in [0.1, 0.15) is 39.5 Å². The van der Waals surface area contributed by atoms with Gasteiger partial charge in [-0.05, 0) is 31.0 Å². The number of benzene rings is 1. The SMILES string of the molecule is CCCCN(CCCC)S(=O)(=O)NS(=O)(=O)c1cccc(N)c1. The van der Waals surface area contributed by atoms with E-state index in [2.05, 4.69) is 0 Å². The van der Waals surface area contributed by atoms with Crippen LogP contribution in [0, 0.1) is 0 Å². The second kappa shape index (κ2) is 8.62. The van der Waals surface area contributed by atoms with E-state index in [1.807, 2.05) is 18.0 Å². The Kier molecular flexibility index (Phi) is 7.46. The summed E-state index contributed by atoms with van der Waals surface area (Å²) in [6, 6.07) is 5.52. The van der Waals surface area contributed by atoms with Crippen LogP contribution in [0.4, 0.5) is 5.69 Å². The summed E-state index contributed by atoms with van der Waals surface area (Å²) >= 11 is 0. The summed E-state index contributed by atoms with van der Waals surface area (Å²) in [6.07, 6.45) is 2.98. The third-order valence-corrected chi connectivity index (χ3v) is 6.89.